The summed E-state index contributed by atoms with van der Waals surface area (Å²) in [5.41, 5.74) is 2.33. The molecule has 1 aromatic heterocycles. The molecular weight excluding hydrogens is 401 g/mol. The Balaban J connectivity index is 0.00000264. The van der Waals surface area contributed by atoms with Crippen molar-refractivity contribution in [1.82, 2.24) is 20.0 Å². The summed E-state index contributed by atoms with van der Waals surface area (Å²) >= 11 is 0. The summed E-state index contributed by atoms with van der Waals surface area (Å²) in [6, 6.07) is 2.13. The fourth-order valence-electron chi connectivity index (χ4n) is 2.95. The Hall–Kier alpha value is -0.790. The van der Waals surface area contributed by atoms with Crippen LogP contribution < -0.4 is 5.32 Å². The maximum absolute atomic E-state index is 4.80. The van der Waals surface area contributed by atoms with Gasteiger partial charge in [0.1, 0.15) is 0 Å². The number of aromatic nitrogens is 2. The molecule has 0 radical (unpaired) electrons. The van der Waals surface area contributed by atoms with Crippen molar-refractivity contribution in [1.29, 1.82) is 0 Å². The van der Waals surface area contributed by atoms with Gasteiger partial charge in [-0.05, 0) is 52.0 Å². The van der Waals surface area contributed by atoms with E-state index in [2.05, 4.69) is 46.8 Å². The molecule has 0 bridgehead atoms. The first-order valence-corrected chi connectivity index (χ1v) is 8.64. The van der Waals surface area contributed by atoms with Crippen LogP contribution in [0.4, 0.5) is 0 Å². The molecule has 0 amide bonds. The van der Waals surface area contributed by atoms with Crippen molar-refractivity contribution < 1.29 is 0 Å². The number of piperidine rings is 1. The molecule has 0 atom stereocenters. The number of halogens is 1. The quantitative estimate of drug-likeness (QED) is 0.336. The van der Waals surface area contributed by atoms with E-state index in [1.165, 1.54) is 18.5 Å². The van der Waals surface area contributed by atoms with E-state index in [0.717, 1.165) is 56.7 Å². The zero-order valence-electron chi connectivity index (χ0n) is 15.0. The molecule has 1 aliphatic heterocycles. The number of likely N-dealkylation sites (tertiary alicyclic amines) is 1. The number of aryl methyl sites for hydroxylation is 3. The lowest BCUT2D eigenvalue weighted by molar-refractivity contribution is 0.273. The van der Waals surface area contributed by atoms with Gasteiger partial charge in [-0.25, -0.2) is 0 Å². The molecule has 0 aromatic carbocycles. The van der Waals surface area contributed by atoms with E-state index >= 15 is 0 Å². The highest BCUT2D eigenvalue weighted by Crippen LogP contribution is 2.15. The van der Waals surface area contributed by atoms with E-state index in [1.54, 1.807) is 0 Å². The Morgan fingerprint density at radius 3 is 2.61 bits per heavy atom. The van der Waals surface area contributed by atoms with Crippen molar-refractivity contribution in [2.24, 2.45) is 10.9 Å². The molecule has 1 N–H and O–H groups in total. The standard InChI is InChI=1S/C17H31N5.HI/c1-5-18-17(21-11-7-14(2)8-12-21)19-9-6-10-22-16(4)13-15(3)20-22;/h13-14H,5-12H2,1-4H3,(H,18,19);1H. The Morgan fingerprint density at radius 1 is 1.35 bits per heavy atom. The number of rotatable bonds is 5. The van der Waals surface area contributed by atoms with Crippen LogP contribution in [0.2, 0.25) is 0 Å². The molecular formula is C17H32IN5. The lowest BCUT2D eigenvalue weighted by atomic mass is 10.00. The minimum Gasteiger partial charge on any atom is -0.357 e. The second kappa shape index (κ2) is 10.2. The predicted molar refractivity (Wildman–Crippen MR) is 108 cm³/mol. The van der Waals surface area contributed by atoms with Crippen LogP contribution in [0.3, 0.4) is 0 Å². The summed E-state index contributed by atoms with van der Waals surface area (Å²) in [7, 11) is 0. The average Bonchev–Trinajstić information content (AvgIpc) is 2.81. The molecule has 0 spiro atoms. The molecule has 132 valence electrons. The fraction of sp³-hybridized carbons (Fsp3) is 0.765. The Kier molecular flexibility index (Phi) is 8.94. The van der Waals surface area contributed by atoms with Crippen LogP contribution >= 0.6 is 24.0 Å². The molecule has 0 unspecified atom stereocenters. The van der Waals surface area contributed by atoms with Gasteiger partial charge in [0.2, 0.25) is 0 Å². The predicted octanol–water partition coefficient (Wildman–Crippen LogP) is 3.21. The summed E-state index contributed by atoms with van der Waals surface area (Å²) in [4.78, 5) is 7.21. The number of hydrogen-bond acceptors (Lipinski definition) is 2. The van der Waals surface area contributed by atoms with E-state index in [-0.39, 0.29) is 24.0 Å². The molecule has 23 heavy (non-hydrogen) atoms. The maximum Gasteiger partial charge on any atom is 0.193 e. The first kappa shape index (κ1) is 20.3. The summed E-state index contributed by atoms with van der Waals surface area (Å²) in [6.45, 7) is 13.6. The minimum absolute atomic E-state index is 0. The zero-order chi connectivity index (χ0) is 15.9. The van der Waals surface area contributed by atoms with Crippen LogP contribution in [0.1, 0.15) is 44.5 Å². The van der Waals surface area contributed by atoms with Crippen molar-refractivity contribution in [2.75, 3.05) is 26.2 Å². The van der Waals surface area contributed by atoms with Crippen molar-refractivity contribution in [3.8, 4) is 0 Å². The number of aliphatic imine (C=N–C) groups is 1. The summed E-state index contributed by atoms with van der Waals surface area (Å²) in [5.74, 6) is 1.94. The van der Waals surface area contributed by atoms with Crippen LogP contribution in [0.5, 0.6) is 0 Å². The van der Waals surface area contributed by atoms with Gasteiger partial charge in [-0.3, -0.25) is 9.67 Å². The van der Waals surface area contributed by atoms with E-state index in [1.807, 2.05) is 6.92 Å². The number of guanidine groups is 1. The van der Waals surface area contributed by atoms with Crippen LogP contribution in [0.15, 0.2) is 11.1 Å². The SMILES string of the molecule is CCNC(=NCCCn1nc(C)cc1C)N1CCC(C)CC1.I. The highest BCUT2D eigenvalue weighted by atomic mass is 127. The topological polar surface area (TPSA) is 45.5 Å². The van der Waals surface area contributed by atoms with Gasteiger partial charge in [-0.1, -0.05) is 6.92 Å². The van der Waals surface area contributed by atoms with Gasteiger partial charge in [0.15, 0.2) is 5.96 Å². The van der Waals surface area contributed by atoms with Gasteiger partial charge in [0.25, 0.3) is 0 Å². The van der Waals surface area contributed by atoms with E-state index in [0.29, 0.717) is 0 Å². The smallest absolute Gasteiger partial charge is 0.193 e. The molecule has 0 saturated carbocycles. The Labute approximate surface area is 157 Å². The third-order valence-corrected chi connectivity index (χ3v) is 4.31. The number of nitrogens with one attached hydrogen (secondary N) is 1. The minimum atomic E-state index is 0. The van der Waals surface area contributed by atoms with Crippen LogP contribution in [-0.2, 0) is 6.54 Å². The summed E-state index contributed by atoms with van der Waals surface area (Å²) in [5, 5.41) is 7.94. The van der Waals surface area contributed by atoms with Gasteiger partial charge in [0.05, 0.1) is 5.69 Å². The third-order valence-electron chi connectivity index (χ3n) is 4.31. The second-order valence-electron chi connectivity index (χ2n) is 6.41. The molecule has 5 nitrogen and oxygen atoms in total. The first-order valence-electron chi connectivity index (χ1n) is 8.64. The van der Waals surface area contributed by atoms with Crippen LogP contribution in [-0.4, -0.2) is 46.8 Å². The van der Waals surface area contributed by atoms with Crippen molar-refractivity contribution in [3.63, 3.8) is 0 Å². The Morgan fingerprint density at radius 2 is 2.04 bits per heavy atom. The number of nitrogens with zero attached hydrogens (tertiary/aromatic N) is 4. The molecule has 6 heteroatoms. The molecule has 0 aliphatic carbocycles. The average molecular weight is 433 g/mol. The summed E-state index contributed by atoms with van der Waals surface area (Å²) < 4.78 is 2.08. The highest BCUT2D eigenvalue weighted by Gasteiger charge is 2.18. The van der Waals surface area contributed by atoms with E-state index < -0.39 is 0 Å². The van der Waals surface area contributed by atoms with Gasteiger partial charge < -0.3 is 10.2 Å². The molecule has 2 heterocycles. The Bertz CT molecular complexity index is 489. The van der Waals surface area contributed by atoms with E-state index in [4.69, 9.17) is 4.99 Å². The largest absolute Gasteiger partial charge is 0.357 e. The molecule has 1 aromatic rings. The lowest BCUT2D eigenvalue weighted by Crippen LogP contribution is -2.45. The second-order valence-corrected chi connectivity index (χ2v) is 6.41. The molecule has 2 rings (SSSR count). The van der Waals surface area contributed by atoms with Gasteiger partial charge in [0, 0.05) is 38.4 Å². The van der Waals surface area contributed by atoms with Crippen molar-refractivity contribution in [2.45, 2.75) is 53.5 Å². The normalized spacial score (nSPS) is 16.3. The van der Waals surface area contributed by atoms with Gasteiger partial charge in [-0.2, -0.15) is 5.10 Å². The molecule has 1 aliphatic rings. The van der Waals surface area contributed by atoms with E-state index in [9.17, 15) is 0 Å². The van der Waals surface area contributed by atoms with Gasteiger partial charge >= 0.3 is 0 Å². The lowest BCUT2D eigenvalue weighted by Gasteiger charge is -2.33. The summed E-state index contributed by atoms with van der Waals surface area (Å²) in [6.07, 6.45) is 3.58. The first-order chi connectivity index (χ1) is 10.6. The molecule has 1 fully saturated rings. The van der Waals surface area contributed by atoms with Crippen molar-refractivity contribution >= 4 is 29.9 Å². The van der Waals surface area contributed by atoms with Gasteiger partial charge in [-0.15, -0.1) is 24.0 Å². The fourth-order valence-corrected chi connectivity index (χ4v) is 2.95. The monoisotopic (exact) mass is 433 g/mol. The third kappa shape index (κ3) is 6.31. The van der Waals surface area contributed by atoms with Crippen molar-refractivity contribution in [3.05, 3.63) is 17.5 Å². The maximum atomic E-state index is 4.80. The van der Waals surface area contributed by atoms with Crippen LogP contribution in [0.25, 0.3) is 0 Å². The number of hydrogen-bond donors (Lipinski definition) is 1. The molecule has 1 saturated heterocycles. The van der Waals surface area contributed by atoms with Crippen LogP contribution in [0, 0.1) is 19.8 Å². The highest BCUT2D eigenvalue weighted by molar-refractivity contribution is 14.0. The zero-order valence-corrected chi connectivity index (χ0v) is 17.3.